The second-order valence-electron chi connectivity index (χ2n) is 0. The molecule has 0 rings (SSSR count). The summed E-state index contributed by atoms with van der Waals surface area (Å²) in [5.74, 6) is 0. The summed E-state index contributed by atoms with van der Waals surface area (Å²) in [6.07, 6.45) is 0. The molecule has 0 aromatic heterocycles. The molecule has 0 nitrogen and oxygen atoms in total. The molecule has 0 atom stereocenters. The van der Waals surface area contributed by atoms with Crippen molar-refractivity contribution >= 4 is 0 Å². The fraction of sp³-hybridized carbons (Fsp3) is 0. The van der Waals surface area contributed by atoms with Crippen LogP contribution in [0.1, 0.15) is 0 Å². The third-order valence-corrected chi connectivity index (χ3v) is 0. The Kier molecular flexibility index (Phi) is 1060. The van der Waals surface area contributed by atoms with Crippen LogP contribution in [0.4, 0.5) is 0 Å². The normalized spacial score (nSPS) is 0. The molecule has 10 heteroatoms. The third-order valence-electron chi connectivity index (χ3n) is 0. The van der Waals surface area contributed by atoms with Gasteiger partial charge in [-0.15, -0.1) is 0 Å². The van der Waals surface area contributed by atoms with Crippen LogP contribution in [-0.2, 0) is 327 Å². The van der Waals surface area contributed by atoms with Crippen molar-refractivity contribution in [3.05, 3.63) is 37.1 Å². The van der Waals surface area contributed by atoms with Crippen molar-refractivity contribution in [2.75, 3.05) is 0 Å². The Morgan fingerprint density at radius 2 is 0.133 bits per heavy atom. The quantitative estimate of drug-likeness (QED) is 0.328. The Hall–Kier alpha value is 11.0. The molecule has 0 amide bonds. The first-order chi connectivity index (χ1) is 0. The first-order valence-electron chi connectivity index (χ1n) is 0. The summed E-state index contributed by atoms with van der Waals surface area (Å²) in [5, 5.41) is 0. The molecule has 0 N–H and O–H groups in total. The van der Waals surface area contributed by atoms with Gasteiger partial charge < -0.3 is 37.1 Å². The Morgan fingerprint density at radius 3 is 0.133 bits per heavy atom. The van der Waals surface area contributed by atoms with E-state index < -0.39 is 0 Å². The van der Waals surface area contributed by atoms with Crippen LogP contribution in [-0.4, -0.2) is 0 Å². The van der Waals surface area contributed by atoms with Crippen LogP contribution in [0.15, 0.2) is 0 Å². The van der Waals surface area contributed by atoms with Crippen molar-refractivity contribution in [2.45, 2.75) is 0 Å². The van der Waals surface area contributed by atoms with Crippen LogP contribution in [0, 0.1) is 37.1 Å². The second kappa shape index (κ2) is 119. The Labute approximate surface area is 352 Å². The number of hydrogen-bond donors (Lipinski definition) is 0. The van der Waals surface area contributed by atoms with Crippen LogP contribution in [0.5, 0.6) is 0 Å². The van der Waals surface area contributed by atoms with E-state index in [1.54, 1.807) is 0 Å². The first kappa shape index (κ1) is 134. The summed E-state index contributed by atoms with van der Waals surface area (Å²) in [6, 6.07) is 0. The summed E-state index contributed by atoms with van der Waals surface area (Å²) in [4.78, 5) is 0. The zero-order valence-corrected chi connectivity index (χ0v) is 39.2. The molecule has 0 bridgehead atoms. The standard InChI is InChI=1S/5CH3.10Y/h5*1H3;;;;;;;;;;/q5*-1;;;;;;;;;;. The molecule has 70 valence electrons. The maximum atomic E-state index is 0. The number of rotatable bonds is 0. The predicted octanol–water partition coefficient (Wildman–Crippen LogP) is 2.23. The van der Waals surface area contributed by atoms with E-state index in [2.05, 4.69) is 0 Å². The molecule has 0 heterocycles. The molecule has 0 spiro atoms. The van der Waals surface area contributed by atoms with Crippen LogP contribution in [0.25, 0.3) is 0 Å². The zero-order chi connectivity index (χ0) is 0. The summed E-state index contributed by atoms with van der Waals surface area (Å²) >= 11 is 0. The van der Waals surface area contributed by atoms with Gasteiger partial charge in [-0.3, -0.25) is 0 Å². The molecule has 0 unspecified atom stereocenters. The van der Waals surface area contributed by atoms with E-state index in [4.69, 9.17) is 0 Å². The molecular formula is C5H15Y10-5. The van der Waals surface area contributed by atoms with Crippen LogP contribution in [0.2, 0.25) is 0 Å². The smallest absolute Gasteiger partial charge is 0 e. The molecule has 0 saturated carbocycles. The van der Waals surface area contributed by atoms with Crippen molar-refractivity contribution in [3.8, 4) is 0 Å². The predicted molar refractivity (Wildman–Crippen MR) is 32.1 cm³/mol. The van der Waals surface area contributed by atoms with Gasteiger partial charge >= 0.3 is 0 Å². The van der Waals surface area contributed by atoms with Gasteiger partial charge in [0.05, 0.1) is 0 Å². The largest absolute Gasteiger partial charge is 0.358 e. The fourth-order valence-corrected chi connectivity index (χ4v) is 0. The van der Waals surface area contributed by atoms with Crippen LogP contribution >= 0.6 is 0 Å². The molecule has 10 radical (unpaired) electrons. The summed E-state index contributed by atoms with van der Waals surface area (Å²) in [6.45, 7) is 0. The minimum absolute atomic E-state index is 0. The van der Waals surface area contributed by atoms with Gasteiger partial charge in [-0.25, -0.2) is 0 Å². The van der Waals surface area contributed by atoms with Gasteiger partial charge in [-0.1, -0.05) is 0 Å². The summed E-state index contributed by atoms with van der Waals surface area (Å²) in [5.41, 5.74) is 0. The molecule has 0 fully saturated rings. The van der Waals surface area contributed by atoms with Crippen molar-refractivity contribution in [2.24, 2.45) is 0 Å². The number of hydrogen-bond acceptors (Lipinski definition) is 0. The average molecular weight is 964 g/mol. The monoisotopic (exact) mass is 964 g/mol. The molecule has 0 aliphatic rings. The maximum Gasteiger partial charge on any atom is 0 e. The van der Waals surface area contributed by atoms with Gasteiger partial charge in [-0.05, 0) is 0 Å². The van der Waals surface area contributed by atoms with Gasteiger partial charge in [0.15, 0.2) is 0 Å². The van der Waals surface area contributed by atoms with Crippen molar-refractivity contribution in [1.82, 2.24) is 0 Å². The molecule has 0 aromatic carbocycles. The van der Waals surface area contributed by atoms with E-state index in [0.717, 1.165) is 0 Å². The molecular weight excluding hydrogens is 949 g/mol. The Morgan fingerprint density at radius 1 is 0.133 bits per heavy atom. The van der Waals surface area contributed by atoms with Gasteiger partial charge in [0.25, 0.3) is 0 Å². The summed E-state index contributed by atoms with van der Waals surface area (Å²) < 4.78 is 0. The SMILES string of the molecule is [CH3-].[CH3-].[CH3-].[CH3-].[CH3-].[Y].[Y].[Y].[Y].[Y].[Y].[Y].[Y].[Y].[Y]. The Bertz CT molecular complexity index is 13.8. The zero-order valence-electron chi connectivity index (χ0n) is 10.8. The van der Waals surface area contributed by atoms with Gasteiger partial charge in [0.1, 0.15) is 0 Å². The molecule has 0 aliphatic carbocycles. The van der Waals surface area contributed by atoms with E-state index in [0.29, 0.717) is 0 Å². The van der Waals surface area contributed by atoms with Crippen molar-refractivity contribution < 1.29 is 327 Å². The topological polar surface area (TPSA) is 0 Å². The second-order valence-corrected chi connectivity index (χ2v) is 0. The van der Waals surface area contributed by atoms with E-state index >= 15 is 0 Å². The van der Waals surface area contributed by atoms with Crippen molar-refractivity contribution in [1.29, 1.82) is 0 Å². The summed E-state index contributed by atoms with van der Waals surface area (Å²) in [7, 11) is 0. The van der Waals surface area contributed by atoms with E-state index in [1.165, 1.54) is 0 Å². The van der Waals surface area contributed by atoms with Gasteiger partial charge in [0, 0.05) is 327 Å². The van der Waals surface area contributed by atoms with Crippen LogP contribution < -0.4 is 0 Å². The maximum absolute atomic E-state index is 0. The van der Waals surface area contributed by atoms with Gasteiger partial charge in [-0.2, -0.15) is 0 Å². The minimum Gasteiger partial charge on any atom is -0.358 e. The average Bonchev–Trinajstić information content (AvgIpc) is 0. The molecule has 15 heavy (non-hydrogen) atoms. The molecule has 0 saturated heterocycles. The molecule has 0 aliphatic heterocycles. The van der Waals surface area contributed by atoms with E-state index in [1.807, 2.05) is 0 Å². The van der Waals surface area contributed by atoms with Crippen molar-refractivity contribution in [3.63, 3.8) is 0 Å². The third kappa shape index (κ3) is 109. The first-order valence-corrected chi connectivity index (χ1v) is 0. The minimum atomic E-state index is 0. The van der Waals surface area contributed by atoms with Gasteiger partial charge in [0.2, 0.25) is 0 Å². The van der Waals surface area contributed by atoms with Crippen LogP contribution in [0.3, 0.4) is 0 Å². The molecule has 0 aromatic rings. The van der Waals surface area contributed by atoms with E-state index in [9.17, 15) is 0 Å². The fourth-order valence-electron chi connectivity index (χ4n) is 0. The van der Waals surface area contributed by atoms with E-state index in [-0.39, 0.29) is 364 Å². The Balaban J connectivity index is 0.